The molecule has 2 aromatic heterocycles. The lowest BCUT2D eigenvalue weighted by atomic mass is 10.0. The summed E-state index contributed by atoms with van der Waals surface area (Å²) in [5.41, 5.74) is 1.42. The smallest absolute Gasteiger partial charge is 0.274 e. The van der Waals surface area contributed by atoms with E-state index in [0.29, 0.717) is 11.7 Å². The normalized spacial score (nSPS) is 16.8. The first kappa shape index (κ1) is 12.0. The third-order valence-electron chi connectivity index (χ3n) is 3.58. The maximum atomic E-state index is 12.2. The van der Waals surface area contributed by atoms with Gasteiger partial charge in [0.2, 0.25) is 0 Å². The average molecular weight is 259 g/mol. The number of nitrogens with zero attached hydrogens (tertiary/aromatic N) is 4. The molecule has 0 spiro atoms. The minimum absolute atomic E-state index is 0.0169. The Bertz CT molecular complexity index is 551. The molecule has 1 fully saturated rings. The van der Waals surface area contributed by atoms with Crippen molar-refractivity contribution in [2.24, 2.45) is 0 Å². The summed E-state index contributed by atoms with van der Waals surface area (Å²) in [6.45, 7) is 3.41. The number of rotatable bonds is 2. The zero-order valence-corrected chi connectivity index (χ0v) is 10.9. The molecule has 100 valence electrons. The van der Waals surface area contributed by atoms with Crippen LogP contribution in [0.25, 0.3) is 0 Å². The molecule has 0 aromatic carbocycles. The number of carbonyl (C=O) groups excluding carboxylic acids is 1. The summed E-state index contributed by atoms with van der Waals surface area (Å²) >= 11 is 0. The van der Waals surface area contributed by atoms with Crippen LogP contribution in [0, 0.1) is 6.92 Å². The van der Waals surface area contributed by atoms with Gasteiger partial charge in [0.1, 0.15) is 5.69 Å². The van der Waals surface area contributed by atoms with Crippen LogP contribution in [0.5, 0.6) is 0 Å². The van der Waals surface area contributed by atoms with Crippen LogP contribution >= 0.6 is 0 Å². The van der Waals surface area contributed by atoms with Gasteiger partial charge < -0.3 is 4.90 Å². The fourth-order valence-electron chi connectivity index (χ4n) is 2.52. The van der Waals surface area contributed by atoms with E-state index >= 15 is 0 Å². The molecule has 1 amide bonds. The number of aromatic amines is 1. The summed E-state index contributed by atoms with van der Waals surface area (Å²) in [6, 6.07) is 4.13. The zero-order chi connectivity index (χ0) is 13.2. The van der Waals surface area contributed by atoms with Crippen molar-refractivity contribution in [2.45, 2.75) is 25.8 Å². The molecule has 3 heterocycles. The van der Waals surface area contributed by atoms with Gasteiger partial charge in [0, 0.05) is 31.2 Å². The molecule has 1 aliphatic rings. The summed E-state index contributed by atoms with van der Waals surface area (Å²) in [7, 11) is 0. The Morgan fingerprint density at radius 2 is 2.21 bits per heavy atom. The van der Waals surface area contributed by atoms with Gasteiger partial charge in [-0.2, -0.15) is 10.2 Å². The molecule has 0 unspecified atom stereocenters. The quantitative estimate of drug-likeness (QED) is 0.886. The largest absolute Gasteiger partial charge is 0.337 e. The Labute approximate surface area is 111 Å². The highest BCUT2D eigenvalue weighted by Crippen LogP contribution is 2.22. The number of hydrogen-bond donors (Lipinski definition) is 1. The van der Waals surface area contributed by atoms with E-state index in [0.717, 1.165) is 31.6 Å². The van der Waals surface area contributed by atoms with E-state index in [-0.39, 0.29) is 5.91 Å². The highest BCUT2D eigenvalue weighted by atomic mass is 16.2. The van der Waals surface area contributed by atoms with Gasteiger partial charge in [-0.3, -0.25) is 14.6 Å². The minimum atomic E-state index is 0.0169. The Hall–Kier alpha value is -2.11. The van der Waals surface area contributed by atoms with Crippen molar-refractivity contribution in [2.75, 3.05) is 13.1 Å². The standard InChI is InChI=1S/C13H17N5O/c1-10-9-12(16-15-10)13(19)17-7-3-11(4-8-17)18-6-2-5-14-18/h2,5-6,9,11H,3-4,7-8H2,1H3,(H,15,16). The summed E-state index contributed by atoms with van der Waals surface area (Å²) in [4.78, 5) is 14.1. The summed E-state index contributed by atoms with van der Waals surface area (Å²) in [5, 5.41) is 11.1. The van der Waals surface area contributed by atoms with Crippen molar-refractivity contribution in [3.05, 3.63) is 35.9 Å². The van der Waals surface area contributed by atoms with E-state index in [1.165, 1.54) is 0 Å². The number of H-pyrrole nitrogens is 1. The molecule has 3 rings (SSSR count). The predicted molar refractivity (Wildman–Crippen MR) is 69.7 cm³/mol. The van der Waals surface area contributed by atoms with E-state index < -0.39 is 0 Å². The van der Waals surface area contributed by atoms with Gasteiger partial charge in [0.05, 0.1) is 6.04 Å². The first-order valence-corrected chi connectivity index (χ1v) is 6.54. The number of aryl methyl sites for hydroxylation is 1. The number of hydrogen-bond acceptors (Lipinski definition) is 3. The van der Waals surface area contributed by atoms with Crippen LogP contribution < -0.4 is 0 Å². The monoisotopic (exact) mass is 259 g/mol. The van der Waals surface area contributed by atoms with E-state index in [1.54, 1.807) is 12.3 Å². The lowest BCUT2D eigenvalue weighted by Gasteiger charge is -2.31. The van der Waals surface area contributed by atoms with Crippen molar-refractivity contribution < 1.29 is 4.79 Å². The molecule has 6 nitrogen and oxygen atoms in total. The van der Waals surface area contributed by atoms with Crippen LogP contribution in [0.3, 0.4) is 0 Å². The van der Waals surface area contributed by atoms with Crippen molar-refractivity contribution in [1.29, 1.82) is 0 Å². The van der Waals surface area contributed by atoms with E-state index in [2.05, 4.69) is 15.3 Å². The second-order valence-corrected chi connectivity index (χ2v) is 4.95. The molecular formula is C13H17N5O. The fourth-order valence-corrected chi connectivity index (χ4v) is 2.52. The number of aromatic nitrogens is 4. The van der Waals surface area contributed by atoms with Crippen LogP contribution in [0.15, 0.2) is 24.5 Å². The van der Waals surface area contributed by atoms with Gasteiger partial charge in [-0.25, -0.2) is 0 Å². The maximum Gasteiger partial charge on any atom is 0.274 e. The molecule has 19 heavy (non-hydrogen) atoms. The Morgan fingerprint density at radius 1 is 1.42 bits per heavy atom. The van der Waals surface area contributed by atoms with Crippen LogP contribution in [0.2, 0.25) is 0 Å². The molecule has 0 aliphatic carbocycles. The number of carbonyl (C=O) groups is 1. The Kier molecular flexibility index (Phi) is 3.06. The van der Waals surface area contributed by atoms with Crippen LogP contribution in [0.4, 0.5) is 0 Å². The number of nitrogens with one attached hydrogen (secondary N) is 1. The molecule has 6 heteroatoms. The minimum Gasteiger partial charge on any atom is -0.337 e. The molecule has 1 saturated heterocycles. The average Bonchev–Trinajstić information content (AvgIpc) is 3.09. The van der Waals surface area contributed by atoms with Gasteiger partial charge in [0.15, 0.2) is 0 Å². The lowest BCUT2D eigenvalue weighted by molar-refractivity contribution is 0.0684. The molecule has 0 radical (unpaired) electrons. The molecule has 2 aromatic rings. The second-order valence-electron chi connectivity index (χ2n) is 4.95. The van der Waals surface area contributed by atoms with Crippen LogP contribution in [0.1, 0.15) is 35.1 Å². The highest BCUT2D eigenvalue weighted by Gasteiger charge is 2.25. The molecular weight excluding hydrogens is 242 g/mol. The zero-order valence-electron chi connectivity index (χ0n) is 10.9. The van der Waals surface area contributed by atoms with Crippen molar-refractivity contribution in [1.82, 2.24) is 24.9 Å². The van der Waals surface area contributed by atoms with E-state index in [9.17, 15) is 4.79 Å². The second kappa shape index (κ2) is 4.87. The first-order chi connectivity index (χ1) is 9.24. The van der Waals surface area contributed by atoms with Crippen LogP contribution in [-0.2, 0) is 0 Å². The SMILES string of the molecule is Cc1cc(C(=O)N2CCC(n3cccn3)CC2)n[nH]1. The summed E-state index contributed by atoms with van der Waals surface area (Å²) in [5.74, 6) is 0.0169. The van der Waals surface area contributed by atoms with E-state index in [1.807, 2.05) is 28.8 Å². The molecule has 0 saturated carbocycles. The molecule has 0 bridgehead atoms. The van der Waals surface area contributed by atoms with E-state index in [4.69, 9.17) is 0 Å². The fraction of sp³-hybridized carbons (Fsp3) is 0.462. The topological polar surface area (TPSA) is 66.8 Å². The summed E-state index contributed by atoms with van der Waals surface area (Å²) in [6.07, 6.45) is 5.66. The molecule has 1 N–H and O–H groups in total. The number of piperidine rings is 1. The number of amides is 1. The molecule has 1 aliphatic heterocycles. The van der Waals surface area contributed by atoms with Gasteiger partial charge in [-0.05, 0) is 31.9 Å². The van der Waals surface area contributed by atoms with Crippen LogP contribution in [-0.4, -0.2) is 43.9 Å². The highest BCUT2D eigenvalue weighted by molar-refractivity contribution is 5.92. The summed E-state index contributed by atoms with van der Waals surface area (Å²) < 4.78 is 1.99. The van der Waals surface area contributed by atoms with Crippen molar-refractivity contribution >= 4 is 5.91 Å². The number of likely N-dealkylation sites (tertiary alicyclic amines) is 1. The Morgan fingerprint density at radius 3 is 2.79 bits per heavy atom. The van der Waals surface area contributed by atoms with Gasteiger partial charge >= 0.3 is 0 Å². The van der Waals surface area contributed by atoms with Gasteiger partial charge in [-0.15, -0.1) is 0 Å². The Balaban J connectivity index is 1.62. The third-order valence-corrected chi connectivity index (χ3v) is 3.58. The molecule has 0 atom stereocenters. The third kappa shape index (κ3) is 2.38. The maximum absolute atomic E-state index is 12.2. The van der Waals surface area contributed by atoms with Crippen molar-refractivity contribution in [3.63, 3.8) is 0 Å². The predicted octanol–water partition coefficient (Wildman–Crippen LogP) is 1.39. The van der Waals surface area contributed by atoms with Gasteiger partial charge in [0.25, 0.3) is 5.91 Å². The van der Waals surface area contributed by atoms with Crippen molar-refractivity contribution in [3.8, 4) is 0 Å². The van der Waals surface area contributed by atoms with Gasteiger partial charge in [-0.1, -0.05) is 0 Å². The first-order valence-electron chi connectivity index (χ1n) is 6.54. The lowest BCUT2D eigenvalue weighted by Crippen LogP contribution is -2.39.